The van der Waals surface area contributed by atoms with Crippen LogP contribution in [0.2, 0.25) is 0 Å². The van der Waals surface area contributed by atoms with Crippen LogP contribution in [0.15, 0.2) is 59.5 Å². The summed E-state index contributed by atoms with van der Waals surface area (Å²) in [6.07, 6.45) is -4.39. The second-order valence-electron chi connectivity index (χ2n) is 7.56. The molecule has 0 fully saturated rings. The van der Waals surface area contributed by atoms with Gasteiger partial charge in [0.2, 0.25) is 15.9 Å². The summed E-state index contributed by atoms with van der Waals surface area (Å²) in [6, 6.07) is 10.5. The van der Waals surface area contributed by atoms with Gasteiger partial charge in [-0.05, 0) is 55.8 Å². The van der Waals surface area contributed by atoms with Crippen molar-refractivity contribution in [1.82, 2.24) is 14.1 Å². The first-order valence-corrected chi connectivity index (χ1v) is 11.6. The molecule has 3 aromatic rings. The minimum Gasteiger partial charge on any atom is -0.311 e. The van der Waals surface area contributed by atoms with Crippen molar-refractivity contribution in [2.45, 2.75) is 30.8 Å². The normalized spacial score (nSPS) is 12.2. The molecule has 7 nitrogen and oxygen atoms in total. The number of hydrogen-bond donors (Lipinski definition) is 1. The Bertz CT molecular complexity index is 1270. The molecule has 0 atom stereocenters. The van der Waals surface area contributed by atoms with E-state index in [0.717, 1.165) is 40.7 Å². The van der Waals surface area contributed by atoms with Gasteiger partial charge in [0, 0.05) is 26.1 Å². The van der Waals surface area contributed by atoms with E-state index in [1.54, 1.807) is 6.92 Å². The van der Waals surface area contributed by atoms with Gasteiger partial charge in [0.1, 0.15) is 11.6 Å². The Morgan fingerprint density at radius 1 is 1.12 bits per heavy atom. The number of rotatable bonds is 8. The van der Waals surface area contributed by atoms with Crippen molar-refractivity contribution in [1.29, 1.82) is 0 Å². The van der Waals surface area contributed by atoms with Gasteiger partial charge in [-0.1, -0.05) is 6.07 Å². The lowest BCUT2D eigenvalue weighted by Gasteiger charge is -2.17. The Morgan fingerprint density at radius 2 is 1.79 bits per heavy atom. The van der Waals surface area contributed by atoms with Crippen molar-refractivity contribution in [3.05, 3.63) is 71.7 Å². The Kier molecular flexibility index (Phi) is 7.41. The van der Waals surface area contributed by atoms with Gasteiger partial charge in [0.25, 0.3) is 0 Å². The molecule has 0 bridgehead atoms. The summed E-state index contributed by atoms with van der Waals surface area (Å²) < 4.78 is 79.5. The molecule has 1 N–H and O–H groups in total. The van der Waals surface area contributed by atoms with E-state index in [4.69, 9.17) is 0 Å². The van der Waals surface area contributed by atoms with Crippen LogP contribution < -0.4 is 5.32 Å². The second-order valence-corrected chi connectivity index (χ2v) is 9.61. The maximum absolute atomic E-state index is 13.1. The Balaban J connectivity index is 1.64. The highest BCUT2D eigenvalue weighted by Gasteiger charge is 2.30. The number of carbonyl (C=O) groups is 1. The first-order valence-electron chi connectivity index (χ1n) is 10.1. The average molecular weight is 499 g/mol. The summed E-state index contributed by atoms with van der Waals surface area (Å²) in [7, 11) is -2.49. The van der Waals surface area contributed by atoms with Crippen molar-refractivity contribution < 1.29 is 30.8 Å². The molecule has 34 heavy (non-hydrogen) atoms. The van der Waals surface area contributed by atoms with Gasteiger partial charge in [-0.25, -0.2) is 21.8 Å². The summed E-state index contributed by atoms with van der Waals surface area (Å²) in [6.45, 7) is 1.66. The molecule has 0 spiro atoms. The lowest BCUT2D eigenvalue weighted by Crippen LogP contribution is -2.28. The molecular formula is C22H22F4N4O3S. The summed E-state index contributed by atoms with van der Waals surface area (Å²) in [4.78, 5) is 12.4. The van der Waals surface area contributed by atoms with E-state index in [1.165, 1.54) is 29.9 Å². The summed E-state index contributed by atoms with van der Waals surface area (Å²) in [5.74, 6) is -0.826. The quantitative estimate of drug-likeness (QED) is 0.468. The molecule has 3 rings (SSSR count). The average Bonchev–Trinajstić information content (AvgIpc) is 3.13. The van der Waals surface area contributed by atoms with Crippen LogP contribution in [0.1, 0.15) is 24.1 Å². The molecule has 0 aliphatic heterocycles. The molecule has 0 saturated carbocycles. The molecule has 2 aromatic carbocycles. The summed E-state index contributed by atoms with van der Waals surface area (Å²) in [5, 5.41) is 6.77. The van der Waals surface area contributed by atoms with Crippen LogP contribution in [0, 0.1) is 12.7 Å². The third-order valence-corrected chi connectivity index (χ3v) is 6.79. The first kappa shape index (κ1) is 25.4. The summed E-state index contributed by atoms with van der Waals surface area (Å²) >= 11 is 0. The maximum atomic E-state index is 13.1. The van der Waals surface area contributed by atoms with Crippen molar-refractivity contribution >= 4 is 21.7 Å². The van der Waals surface area contributed by atoms with Crippen molar-refractivity contribution in [2.75, 3.05) is 18.9 Å². The fraction of sp³-hybridized carbons (Fsp3) is 0.273. The molecule has 0 saturated heterocycles. The number of nitrogens with one attached hydrogen (secondary N) is 1. The van der Waals surface area contributed by atoms with Crippen LogP contribution in [-0.2, 0) is 21.0 Å². The van der Waals surface area contributed by atoms with Gasteiger partial charge >= 0.3 is 6.18 Å². The highest BCUT2D eigenvalue weighted by Crippen LogP contribution is 2.31. The Morgan fingerprint density at radius 3 is 2.44 bits per heavy atom. The molecule has 12 heteroatoms. The van der Waals surface area contributed by atoms with Crippen LogP contribution >= 0.6 is 0 Å². The number of amides is 1. The molecular weight excluding hydrogens is 476 g/mol. The number of halogens is 4. The predicted octanol–water partition coefficient (Wildman–Crippen LogP) is 4.38. The smallest absolute Gasteiger partial charge is 0.311 e. The van der Waals surface area contributed by atoms with Crippen LogP contribution in [0.5, 0.6) is 0 Å². The number of hydrogen-bond acceptors (Lipinski definition) is 4. The lowest BCUT2D eigenvalue weighted by molar-refractivity contribution is -0.137. The van der Waals surface area contributed by atoms with E-state index in [9.17, 15) is 30.8 Å². The van der Waals surface area contributed by atoms with Crippen LogP contribution in [0.25, 0.3) is 5.69 Å². The number of sulfonamides is 1. The van der Waals surface area contributed by atoms with Gasteiger partial charge < -0.3 is 5.32 Å². The number of aromatic nitrogens is 2. The van der Waals surface area contributed by atoms with Gasteiger partial charge in [-0.2, -0.15) is 18.3 Å². The largest absolute Gasteiger partial charge is 0.416 e. The van der Waals surface area contributed by atoms with Gasteiger partial charge in [0.05, 0.1) is 21.8 Å². The number of carbonyl (C=O) groups excluding carboxylic acids is 1. The molecule has 0 unspecified atom stereocenters. The number of alkyl halides is 3. The Hall–Kier alpha value is -3.25. The van der Waals surface area contributed by atoms with E-state index >= 15 is 0 Å². The zero-order valence-corrected chi connectivity index (χ0v) is 19.1. The van der Waals surface area contributed by atoms with Gasteiger partial charge in [-0.3, -0.25) is 4.79 Å². The van der Waals surface area contributed by atoms with Crippen LogP contribution in [0.4, 0.5) is 23.4 Å². The third-order valence-electron chi connectivity index (χ3n) is 4.92. The molecule has 1 aromatic heterocycles. The monoisotopic (exact) mass is 498 g/mol. The first-order chi connectivity index (χ1) is 15.9. The van der Waals surface area contributed by atoms with E-state index in [1.807, 2.05) is 0 Å². The fourth-order valence-electron chi connectivity index (χ4n) is 3.17. The number of aryl methyl sites for hydroxylation is 1. The third kappa shape index (κ3) is 6.00. The summed E-state index contributed by atoms with van der Waals surface area (Å²) in [5.41, 5.74) is -0.234. The Labute approximate surface area is 194 Å². The molecule has 0 aliphatic carbocycles. The number of benzene rings is 2. The van der Waals surface area contributed by atoms with Gasteiger partial charge in [0.15, 0.2) is 0 Å². The zero-order valence-electron chi connectivity index (χ0n) is 18.3. The number of nitrogens with zero attached hydrogens (tertiary/aromatic N) is 3. The van der Waals surface area contributed by atoms with Gasteiger partial charge in [-0.15, -0.1) is 0 Å². The highest BCUT2D eigenvalue weighted by molar-refractivity contribution is 7.89. The van der Waals surface area contributed by atoms with Crippen molar-refractivity contribution in [2.24, 2.45) is 0 Å². The van der Waals surface area contributed by atoms with E-state index in [0.29, 0.717) is 5.69 Å². The standard InChI is InChI=1S/C22H22F4N4O3S/c1-15-13-20(30(28-15)18-6-3-5-16(14-18)22(24,25)26)27-21(31)7-4-12-29(2)34(32,33)19-10-8-17(23)9-11-19/h3,5-6,8-11,13-14H,4,7,12H2,1-2H3,(H,27,31). The lowest BCUT2D eigenvalue weighted by atomic mass is 10.2. The topological polar surface area (TPSA) is 84.3 Å². The minimum absolute atomic E-state index is 0.0268. The minimum atomic E-state index is -4.53. The van der Waals surface area contributed by atoms with E-state index in [-0.39, 0.29) is 35.8 Å². The van der Waals surface area contributed by atoms with E-state index < -0.39 is 33.5 Å². The fourth-order valence-corrected chi connectivity index (χ4v) is 4.38. The van der Waals surface area contributed by atoms with Crippen molar-refractivity contribution in [3.63, 3.8) is 0 Å². The molecule has 1 amide bonds. The number of anilines is 1. The molecule has 0 aliphatic rings. The highest BCUT2D eigenvalue weighted by atomic mass is 32.2. The second kappa shape index (κ2) is 9.94. The predicted molar refractivity (Wildman–Crippen MR) is 117 cm³/mol. The van der Waals surface area contributed by atoms with Crippen molar-refractivity contribution in [3.8, 4) is 5.69 Å². The molecule has 1 heterocycles. The molecule has 0 radical (unpaired) electrons. The van der Waals surface area contributed by atoms with Crippen LogP contribution in [0.3, 0.4) is 0 Å². The molecule has 182 valence electrons. The van der Waals surface area contributed by atoms with Crippen LogP contribution in [-0.4, -0.2) is 42.0 Å². The maximum Gasteiger partial charge on any atom is 0.416 e. The SMILES string of the molecule is Cc1cc(NC(=O)CCCN(C)S(=O)(=O)c2ccc(F)cc2)n(-c2cccc(C(F)(F)F)c2)n1. The van der Waals surface area contributed by atoms with E-state index in [2.05, 4.69) is 10.4 Å². The zero-order chi connectivity index (χ0) is 25.1.